The Labute approximate surface area is 161 Å². The number of nitro groups is 1. The van der Waals surface area contributed by atoms with Crippen molar-refractivity contribution in [2.75, 3.05) is 37.3 Å². The molecule has 3 rings (SSSR count). The number of benzene rings is 1. The lowest BCUT2D eigenvalue weighted by molar-refractivity contribution is -0.383. The second-order valence-corrected chi connectivity index (χ2v) is 9.80. The van der Waals surface area contributed by atoms with Crippen molar-refractivity contribution >= 4 is 31.9 Å². The molecule has 0 saturated carbocycles. The van der Waals surface area contributed by atoms with Crippen LogP contribution in [0.2, 0.25) is 0 Å². The summed E-state index contributed by atoms with van der Waals surface area (Å²) in [5.74, 6) is -0.271. The summed E-state index contributed by atoms with van der Waals surface area (Å²) in [6, 6.07) is 7.51. The average Bonchev–Trinajstić information content (AvgIpc) is 2.93. The molecule has 1 aliphatic rings. The number of rotatable bonds is 5. The van der Waals surface area contributed by atoms with Gasteiger partial charge in [0.1, 0.15) is 10.0 Å². The third-order valence-electron chi connectivity index (χ3n) is 4.43. The van der Waals surface area contributed by atoms with Crippen LogP contribution >= 0.6 is 11.3 Å². The topological polar surface area (TPSA) is 83.8 Å². The minimum atomic E-state index is -3.49. The maximum Gasteiger partial charge on any atom is 0.305 e. The highest BCUT2D eigenvalue weighted by molar-refractivity contribution is 7.92. The summed E-state index contributed by atoms with van der Waals surface area (Å²) in [6.45, 7) is 3.35. The molecule has 2 aromatic rings. The maximum atomic E-state index is 13.0. The Balaban J connectivity index is 1.75. The van der Waals surface area contributed by atoms with E-state index < -0.39 is 14.8 Å². The van der Waals surface area contributed by atoms with Crippen molar-refractivity contribution in [1.29, 1.82) is 0 Å². The van der Waals surface area contributed by atoms with Crippen molar-refractivity contribution in [1.82, 2.24) is 4.90 Å². The number of sulfone groups is 1. The summed E-state index contributed by atoms with van der Waals surface area (Å²) < 4.78 is 36.6. The van der Waals surface area contributed by atoms with E-state index in [-0.39, 0.29) is 15.7 Å². The van der Waals surface area contributed by atoms with Crippen LogP contribution in [-0.2, 0) is 16.4 Å². The minimum absolute atomic E-state index is 0.0108. The maximum absolute atomic E-state index is 13.0. The van der Waals surface area contributed by atoms with Gasteiger partial charge in [0.05, 0.1) is 4.92 Å². The van der Waals surface area contributed by atoms with Crippen molar-refractivity contribution in [2.45, 2.75) is 17.2 Å². The zero-order valence-electron chi connectivity index (χ0n) is 14.8. The van der Waals surface area contributed by atoms with E-state index in [2.05, 4.69) is 4.90 Å². The largest absolute Gasteiger partial charge is 0.356 e. The van der Waals surface area contributed by atoms with Crippen molar-refractivity contribution in [3.63, 3.8) is 0 Å². The lowest BCUT2D eigenvalue weighted by Gasteiger charge is -2.22. The van der Waals surface area contributed by atoms with Gasteiger partial charge in [-0.05, 0) is 24.1 Å². The molecule has 0 spiro atoms. The van der Waals surface area contributed by atoms with E-state index in [1.54, 1.807) is 12.1 Å². The fourth-order valence-electron chi connectivity index (χ4n) is 3.07. The number of nitrogens with zero attached hydrogens (tertiary/aromatic N) is 3. The highest BCUT2D eigenvalue weighted by Gasteiger charge is 2.28. The van der Waals surface area contributed by atoms with Gasteiger partial charge < -0.3 is 4.90 Å². The number of anilines is 1. The van der Waals surface area contributed by atoms with Crippen LogP contribution in [0.25, 0.3) is 0 Å². The summed E-state index contributed by atoms with van der Waals surface area (Å²) in [6.07, 6.45) is 1.85. The Morgan fingerprint density at radius 3 is 2.52 bits per heavy atom. The number of hydrogen-bond donors (Lipinski definition) is 0. The highest BCUT2D eigenvalue weighted by atomic mass is 32.2. The zero-order valence-corrected chi connectivity index (χ0v) is 16.4. The Hall–Kier alpha value is -2.04. The van der Waals surface area contributed by atoms with E-state index >= 15 is 0 Å². The van der Waals surface area contributed by atoms with Crippen LogP contribution in [0.1, 0.15) is 12.0 Å². The molecule has 0 atom stereocenters. The Morgan fingerprint density at radius 1 is 1.19 bits per heavy atom. The van der Waals surface area contributed by atoms with Gasteiger partial charge in [0.25, 0.3) is 0 Å². The predicted octanol–water partition coefficient (Wildman–Crippen LogP) is 2.91. The molecule has 1 saturated heterocycles. The Kier molecular flexibility index (Phi) is 5.78. The van der Waals surface area contributed by atoms with E-state index in [1.807, 2.05) is 4.90 Å². The summed E-state index contributed by atoms with van der Waals surface area (Å²) in [4.78, 5) is 15.0. The molecule has 0 N–H and O–H groups in total. The number of halogens is 1. The van der Waals surface area contributed by atoms with E-state index in [1.165, 1.54) is 12.1 Å². The molecule has 146 valence electrons. The average molecular weight is 413 g/mol. The molecule has 1 fully saturated rings. The van der Waals surface area contributed by atoms with Gasteiger partial charge in [0.15, 0.2) is 14.8 Å². The van der Waals surface area contributed by atoms with Crippen molar-refractivity contribution in [2.24, 2.45) is 0 Å². The van der Waals surface area contributed by atoms with Crippen LogP contribution in [-0.4, -0.2) is 50.7 Å². The SMILES string of the molecule is CS(=O)(=O)c1cc([N+](=O)[O-])c(N2CCCN(Cc3ccc(F)cc3)CC2)s1. The van der Waals surface area contributed by atoms with Crippen molar-refractivity contribution in [3.8, 4) is 0 Å². The lowest BCUT2D eigenvalue weighted by Crippen LogP contribution is -2.30. The first kappa shape index (κ1) is 19.7. The molecule has 0 radical (unpaired) electrons. The van der Waals surface area contributed by atoms with Crippen molar-refractivity contribution in [3.05, 3.63) is 51.8 Å². The summed E-state index contributed by atoms with van der Waals surface area (Å²) in [5.41, 5.74) is 0.846. The van der Waals surface area contributed by atoms with Crippen LogP contribution in [0.4, 0.5) is 15.1 Å². The molecule has 27 heavy (non-hydrogen) atoms. The summed E-state index contributed by atoms with van der Waals surface area (Å²) in [5, 5.41) is 11.8. The van der Waals surface area contributed by atoms with Gasteiger partial charge in [-0.1, -0.05) is 23.5 Å². The lowest BCUT2D eigenvalue weighted by atomic mass is 10.2. The van der Waals surface area contributed by atoms with Gasteiger partial charge in [-0.3, -0.25) is 15.0 Å². The predicted molar refractivity (Wildman–Crippen MR) is 103 cm³/mol. The first-order valence-electron chi connectivity index (χ1n) is 8.44. The number of hydrogen-bond acceptors (Lipinski definition) is 7. The van der Waals surface area contributed by atoms with Gasteiger partial charge in [-0.15, -0.1) is 0 Å². The van der Waals surface area contributed by atoms with Crippen LogP contribution in [0.15, 0.2) is 34.5 Å². The third-order valence-corrected chi connectivity index (χ3v) is 7.41. The van der Waals surface area contributed by atoms with Crippen LogP contribution in [0, 0.1) is 15.9 Å². The minimum Gasteiger partial charge on any atom is -0.356 e. The molecular formula is C17H20FN3O4S2. The van der Waals surface area contributed by atoms with Crippen molar-refractivity contribution < 1.29 is 17.7 Å². The highest BCUT2D eigenvalue weighted by Crippen LogP contribution is 2.40. The van der Waals surface area contributed by atoms with Gasteiger partial charge in [-0.25, -0.2) is 12.8 Å². The Morgan fingerprint density at radius 2 is 1.89 bits per heavy atom. The first-order chi connectivity index (χ1) is 12.7. The van der Waals surface area contributed by atoms with Crippen LogP contribution < -0.4 is 4.90 Å². The molecular weight excluding hydrogens is 393 g/mol. The molecule has 2 heterocycles. The molecule has 10 heteroatoms. The molecule has 0 aliphatic carbocycles. The van der Waals surface area contributed by atoms with Gasteiger partial charge >= 0.3 is 5.69 Å². The van der Waals surface area contributed by atoms with Gasteiger partial charge in [-0.2, -0.15) is 0 Å². The fourth-order valence-corrected chi connectivity index (χ4v) is 5.15. The molecule has 1 aromatic carbocycles. The van der Waals surface area contributed by atoms with Crippen LogP contribution in [0.5, 0.6) is 0 Å². The quantitative estimate of drug-likeness (QED) is 0.554. The second-order valence-electron chi connectivity index (χ2n) is 6.53. The molecule has 0 unspecified atom stereocenters. The Bertz CT molecular complexity index is 928. The normalized spacial score (nSPS) is 16.3. The van der Waals surface area contributed by atoms with Crippen LogP contribution in [0.3, 0.4) is 0 Å². The summed E-state index contributed by atoms with van der Waals surface area (Å²) >= 11 is 0.953. The summed E-state index contributed by atoms with van der Waals surface area (Å²) in [7, 11) is -3.49. The standard InChI is InChI=1S/C17H20FN3O4S2/c1-27(24,25)16-11-15(21(22)23)17(26-16)20-8-2-7-19(9-10-20)12-13-3-5-14(18)6-4-13/h3-6,11H,2,7-10,12H2,1H3. The van der Waals surface area contributed by atoms with E-state index in [0.717, 1.165) is 42.2 Å². The first-order valence-corrected chi connectivity index (χ1v) is 11.1. The smallest absolute Gasteiger partial charge is 0.305 e. The molecule has 1 aromatic heterocycles. The van der Waals surface area contributed by atoms with E-state index in [4.69, 9.17) is 0 Å². The zero-order chi connectivity index (χ0) is 19.6. The molecule has 7 nitrogen and oxygen atoms in total. The second kappa shape index (κ2) is 7.91. The van der Waals surface area contributed by atoms with E-state index in [0.29, 0.717) is 31.2 Å². The van der Waals surface area contributed by atoms with E-state index in [9.17, 15) is 22.9 Å². The third kappa shape index (κ3) is 4.82. The monoisotopic (exact) mass is 413 g/mol. The molecule has 0 bridgehead atoms. The molecule has 0 amide bonds. The fraction of sp³-hybridized carbons (Fsp3) is 0.412. The number of thiophene rings is 1. The van der Waals surface area contributed by atoms with Gasteiger partial charge in [0, 0.05) is 45.0 Å². The molecule has 1 aliphatic heterocycles. The van der Waals surface area contributed by atoms with Gasteiger partial charge in [0.2, 0.25) is 0 Å².